The molecule has 0 N–H and O–H groups in total. The molecule has 1 aromatic rings. The van der Waals surface area contributed by atoms with Gasteiger partial charge in [-0.25, -0.2) is 0 Å². The van der Waals surface area contributed by atoms with Crippen molar-refractivity contribution in [3.05, 3.63) is 35.4 Å². The van der Waals surface area contributed by atoms with E-state index < -0.39 is 11.7 Å². The average Bonchev–Trinajstić information content (AvgIpc) is 2.47. The summed E-state index contributed by atoms with van der Waals surface area (Å²) >= 11 is 0. The molecule has 1 atom stereocenters. The molecular weight excluding hydrogens is 295 g/mol. The maximum absolute atomic E-state index is 12.5. The summed E-state index contributed by atoms with van der Waals surface area (Å²) in [6.45, 7) is 4.14. The minimum absolute atomic E-state index is 0.136. The molecule has 0 unspecified atom stereocenters. The van der Waals surface area contributed by atoms with E-state index in [9.17, 15) is 18.0 Å². The van der Waals surface area contributed by atoms with E-state index in [0.29, 0.717) is 19.7 Å². The number of likely N-dealkylation sites (tertiary alicyclic amines) is 1. The number of hydrogen-bond donors (Lipinski definition) is 0. The standard InChI is InChI=1S/C16H20F3NO2/c1-2-22-15(21)13-4-3-9-20(11-13)10-12-5-7-14(8-6-12)16(17,18)19/h5-8,13H,2-4,9-11H2,1H3/t13-/m1/s1. The highest BCUT2D eigenvalue weighted by Crippen LogP contribution is 2.29. The Morgan fingerprint density at radius 1 is 1.32 bits per heavy atom. The van der Waals surface area contributed by atoms with Gasteiger partial charge in [-0.1, -0.05) is 12.1 Å². The molecule has 1 heterocycles. The molecule has 2 rings (SSSR count). The van der Waals surface area contributed by atoms with Crippen LogP contribution < -0.4 is 0 Å². The molecule has 0 spiro atoms. The number of carbonyl (C=O) groups is 1. The highest BCUT2D eigenvalue weighted by atomic mass is 19.4. The summed E-state index contributed by atoms with van der Waals surface area (Å²) in [7, 11) is 0. The molecule has 0 amide bonds. The van der Waals surface area contributed by atoms with Gasteiger partial charge in [0.2, 0.25) is 0 Å². The number of alkyl halides is 3. The van der Waals surface area contributed by atoms with Gasteiger partial charge in [-0.3, -0.25) is 9.69 Å². The van der Waals surface area contributed by atoms with E-state index in [1.807, 2.05) is 0 Å². The maximum atomic E-state index is 12.5. The first-order chi connectivity index (χ1) is 10.4. The van der Waals surface area contributed by atoms with E-state index in [0.717, 1.165) is 37.1 Å². The Morgan fingerprint density at radius 2 is 2.00 bits per heavy atom. The van der Waals surface area contributed by atoms with Crippen LogP contribution in [0.15, 0.2) is 24.3 Å². The number of ether oxygens (including phenoxy) is 1. The summed E-state index contributed by atoms with van der Waals surface area (Å²) in [6, 6.07) is 5.19. The summed E-state index contributed by atoms with van der Waals surface area (Å²) in [5.41, 5.74) is 0.178. The summed E-state index contributed by atoms with van der Waals surface area (Å²) in [5.74, 6) is -0.317. The number of nitrogens with zero attached hydrogens (tertiary/aromatic N) is 1. The first-order valence-electron chi connectivity index (χ1n) is 7.45. The first kappa shape index (κ1) is 16.8. The van der Waals surface area contributed by atoms with Gasteiger partial charge in [-0.2, -0.15) is 13.2 Å². The lowest BCUT2D eigenvalue weighted by molar-refractivity contribution is -0.150. The van der Waals surface area contributed by atoms with Crippen LogP contribution in [-0.2, 0) is 22.3 Å². The van der Waals surface area contributed by atoms with Crippen molar-refractivity contribution in [1.29, 1.82) is 0 Å². The summed E-state index contributed by atoms with van der Waals surface area (Å²) in [4.78, 5) is 13.9. The van der Waals surface area contributed by atoms with Gasteiger partial charge in [0.05, 0.1) is 18.1 Å². The van der Waals surface area contributed by atoms with Crippen molar-refractivity contribution >= 4 is 5.97 Å². The smallest absolute Gasteiger partial charge is 0.416 e. The molecule has 0 aliphatic carbocycles. The zero-order chi connectivity index (χ0) is 16.2. The van der Waals surface area contributed by atoms with E-state index in [1.54, 1.807) is 6.92 Å². The van der Waals surface area contributed by atoms with Crippen molar-refractivity contribution in [3.8, 4) is 0 Å². The lowest BCUT2D eigenvalue weighted by Crippen LogP contribution is -2.38. The van der Waals surface area contributed by atoms with Crippen LogP contribution in [0.1, 0.15) is 30.9 Å². The number of esters is 1. The van der Waals surface area contributed by atoms with Crippen molar-refractivity contribution in [1.82, 2.24) is 4.90 Å². The molecule has 1 fully saturated rings. The molecule has 1 aliphatic heterocycles. The minimum Gasteiger partial charge on any atom is -0.466 e. The van der Waals surface area contributed by atoms with Crippen LogP contribution in [0.5, 0.6) is 0 Å². The van der Waals surface area contributed by atoms with Crippen molar-refractivity contribution in [2.24, 2.45) is 5.92 Å². The summed E-state index contributed by atoms with van der Waals surface area (Å²) < 4.78 is 42.6. The predicted octanol–water partition coefficient (Wildman–Crippen LogP) is 3.48. The lowest BCUT2D eigenvalue weighted by atomic mass is 9.97. The zero-order valence-corrected chi connectivity index (χ0v) is 12.5. The fourth-order valence-corrected chi connectivity index (χ4v) is 2.71. The quantitative estimate of drug-likeness (QED) is 0.797. The lowest BCUT2D eigenvalue weighted by Gasteiger charge is -2.31. The van der Waals surface area contributed by atoms with Gasteiger partial charge < -0.3 is 4.74 Å². The van der Waals surface area contributed by atoms with Crippen LogP contribution in [0.4, 0.5) is 13.2 Å². The van der Waals surface area contributed by atoms with E-state index in [1.165, 1.54) is 12.1 Å². The number of benzene rings is 1. The maximum Gasteiger partial charge on any atom is 0.416 e. The fraction of sp³-hybridized carbons (Fsp3) is 0.562. The van der Waals surface area contributed by atoms with Crippen LogP contribution >= 0.6 is 0 Å². The van der Waals surface area contributed by atoms with E-state index in [4.69, 9.17) is 4.74 Å². The van der Waals surface area contributed by atoms with Gasteiger partial charge in [0, 0.05) is 13.1 Å². The van der Waals surface area contributed by atoms with Gasteiger partial charge in [0.25, 0.3) is 0 Å². The van der Waals surface area contributed by atoms with Gasteiger partial charge in [-0.05, 0) is 44.0 Å². The van der Waals surface area contributed by atoms with E-state index in [2.05, 4.69) is 4.90 Å². The second kappa shape index (κ2) is 7.13. The number of piperidine rings is 1. The van der Waals surface area contributed by atoms with Gasteiger partial charge in [0.1, 0.15) is 0 Å². The molecule has 1 aliphatic rings. The van der Waals surface area contributed by atoms with Crippen molar-refractivity contribution in [2.75, 3.05) is 19.7 Å². The Hall–Kier alpha value is -1.56. The van der Waals surface area contributed by atoms with Crippen LogP contribution in [0.2, 0.25) is 0 Å². The van der Waals surface area contributed by atoms with Crippen LogP contribution in [0.25, 0.3) is 0 Å². The normalized spacial score (nSPS) is 19.9. The number of hydrogen-bond acceptors (Lipinski definition) is 3. The predicted molar refractivity (Wildman–Crippen MR) is 76.1 cm³/mol. The second-order valence-corrected chi connectivity index (χ2v) is 5.52. The molecule has 0 bridgehead atoms. The second-order valence-electron chi connectivity index (χ2n) is 5.52. The summed E-state index contributed by atoms with van der Waals surface area (Å²) in [6.07, 6.45) is -2.61. The fourth-order valence-electron chi connectivity index (χ4n) is 2.71. The van der Waals surface area contributed by atoms with E-state index >= 15 is 0 Å². The number of carbonyl (C=O) groups excluding carboxylic acids is 1. The topological polar surface area (TPSA) is 29.5 Å². The highest BCUT2D eigenvalue weighted by molar-refractivity contribution is 5.72. The van der Waals surface area contributed by atoms with Crippen LogP contribution in [-0.4, -0.2) is 30.6 Å². The molecule has 3 nitrogen and oxygen atoms in total. The Morgan fingerprint density at radius 3 is 2.59 bits per heavy atom. The number of halogens is 3. The third-order valence-electron chi connectivity index (χ3n) is 3.81. The van der Waals surface area contributed by atoms with Gasteiger partial charge >= 0.3 is 12.1 Å². The molecule has 122 valence electrons. The molecule has 0 aromatic heterocycles. The Balaban J connectivity index is 1.94. The molecule has 6 heteroatoms. The molecule has 0 radical (unpaired) electrons. The van der Waals surface area contributed by atoms with Crippen molar-refractivity contribution in [3.63, 3.8) is 0 Å². The van der Waals surface area contributed by atoms with Gasteiger partial charge in [0.15, 0.2) is 0 Å². The Labute approximate surface area is 128 Å². The Kier molecular flexibility index (Phi) is 5.45. The number of rotatable bonds is 4. The third kappa shape index (κ3) is 4.47. The zero-order valence-electron chi connectivity index (χ0n) is 12.5. The average molecular weight is 315 g/mol. The SMILES string of the molecule is CCOC(=O)[C@@H]1CCCN(Cc2ccc(C(F)(F)F)cc2)C1. The minimum atomic E-state index is -4.31. The van der Waals surface area contributed by atoms with Gasteiger partial charge in [-0.15, -0.1) is 0 Å². The largest absolute Gasteiger partial charge is 0.466 e. The molecule has 22 heavy (non-hydrogen) atoms. The summed E-state index contributed by atoms with van der Waals surface area (Å²) in [5, 5.41) is 0. The van der Waals surface area contributed by atoms with Crippen molar-refractivity contribution in [2.45, 2.75) is 32.5 Å². The Bertz CT molecular complexity index is 499. The molecule has 1 saturated heterocycles. The van der Waals surface area contributed by atoms with Crippen molar-refractivity contribution < 1.29 is 22.7 Å². The highest BCUT2D eigenvalue weighted by Gasteiger charge is 2.30. The molecule has 0 saturated carbocycles. The monoisotopic (exact) mass is 315 g/mol. The van der Waals surface area contributed by atoms with E-state index in [-0.39, 0.29) is 11.9 Å². The molecular formula is C16H20F3NO2. The van der Waals surface area contributed by atoms with Crippen LogP contribution in [0.3, 0.4) is 0 Å². The molecule has 1 aromatic carbocycles. The first-order valence-corrected chi connectivity index (χ1v) is 7.45. The third-order valence-corrected chi connectivity index (χ3v) is 3.81. The van der Waals surface area contributed by atoms with Crippen LogP contribution in [0, 0.1) is 5.92 Å².